The quantitative estimate of drug-likeness (QED) is 0.754. The smallest absolute Gasteiger partial charge is 0.312 e. The number of aliphatic carboxylic acids is 1. The molecule has 0 spiro atoms. The SMILES string of the molecule is CC(C)(COc1ccc(C(=O)CN2CCCc3ccccc32)cc1)C(=O)O. The minimum atomic E-state index is -0.962. The highest BCUT2D eigenvalue weighted by Crippen LogP contribution is 2.27. The lowest BCUT2D eigenvalue weighted by Gasteiger charge is -2.30. The molecule has 0 bridgehead atoms. The highest BCUT2D eigenvalue weighted by molar-refractivity contribution is 5.99. The number of hydrogen-bond donors (Lipinski definition) is 1. The van der Waals surface area contributed by atoms with Crippen molar-refractivity contribution in [3.63, 3.8) is 0 Å². The van der Waals surface area contributed by atoms with Gasteiger partial charge in [-0.1, -0.05) is 18.2 Å². The molecule has 0 amide bonds. The van der Waals surface area contributed by atoms with Gasteiger partial charge in [0.25, 0.3) is 0 Å². The Labute approximate surface area is 159 Å². The monoisotopic (exact) mass is 367 g/mol. The minimum absolute atomic E-state index is 0.0594. The first-order chi connectivity index (χ1) is 12.9. The maximum Gasteiger partial charge on any atom is 0.312 e. The fourth-order valence-electron chi connectivity index (χ4n) is 3.10. The number of carboxylic acid groups (broad SMARTS) is 1. The summed E-state index contributed by atoms with van der Waals surface area (Å²) in [5, 5.41) is 9.13. The van der Waals surface area contributed by atoms with Crippen molar-refractivity contribution < 1.29 is 19.4 Å². The Hall–Kier alpha value is -2.82. The van der Waals surface area contributed by atoms with Crippen LogP contribution in [0.5, 0.6) is 5.75 Å². The van der Waals surface area contributed by atoms with Crippen molar-refractivity contribution in [2.24, 2.45) is 5.41 Å². The van der Waals surface area contributed by atoms with Crippen LogP contribution in [0.2, 0.25) is 0 Å². The standard InChI is InChI=1S/C22H25NO4/c1-22(2,21(25)26)15-27-18-11-9-17(10-12-18)20(24)14-23-13-5-7-16-6-3-4-8-19(16)23/h3-4,6,8-12H,5,7,13-15H2,1-2H3,(H,25,26). The highest BCUT2D eigenvalue weighted by atomic mass is 16.5. The van der Waals surface area contributed by atoms with E-state index in [1.54, 1.807) is 38.1 Å². The van der Waals surface area contributed by atoms with E-state index in [9.17, 15) is 9.59 Å². The Morgan fingerprint density at radius 1 is 1.11 bits per heavy atom. The Kier molecular flexibility index (Phi) is 5.49. The highest BCUT2D eigenvalue weighted by Gasteiger charge is 2.28. The normalized spacial score (nSPS) is 13.8. The topological polar surface area (TPSA) is 66.8 Å². The number of benzene rings is 2. The molecule has 0 atom stereocenters. The van der Waals surface area contributed by atoms with Crippen LogP contribution in [0.25, 0.3) is 0 Å². The van der Waals surface area contributed by atoms with Crippen molar-refractivity contribution >= 4 is 17.4 Å². The number of carbonyl (C=O) groups excluding carboxylic acids is 1. The molecule has 1 aliphatic heterocycles. The third-order valence-electron chi connectivity index (χ3n) is 4.90. The van der Waals surface area contributed by atoms with Gasteiger partial charge in [0.2, 0.25) is 0 Å². The molecule has 142 valence electrons. The first-order valence-corrected chi connectivity index (χ1v) is 9.19. The van der Waals surface area contributed by atoms with Crippen molar-refractivity contribution in [1.29, 1.82) is 0 Å². The number of ether oxygens (including phenoxy) is 1. The number of nitrogens with zero attached hydrogens (tertiary/aromatic N) is 1. The molecule has 0 saturated carbocycles. The van der Waals surface area contributed by atoms with Crippen LogP contribution < -0.4 is 9.64 Å². The summed E-state index contributed by atoms with van der Waals surface area (Å²) in [6.07, 6.45) is 2.11. The second-order valence-electron chi connectivity index (χ2n) is 7.58. The number of fused-ring (bicyclic) bond motifs is 1. The molecule has 27 heavy (non-hydrogen) atoms. The van der Waals surface area contributed by atoms with Gasteiger partial charge in [-0.25, -0.2) is 0 Å². The van der Waals surface area contributed by atoms with E-state index in [0.717, 1.165) is 25.1 Å². The number of carbonyl (C=O) groups is 2. The molecule has 2 aromatic rings. The van der Waals surface area contributed by atoms with Crippen LogP contribution in [0, 0.1) is 5.41 Å². The third kappa shape index (κ3) is 4.48. The summed E-state index contributed by atoms with van der Waals surface area (Å²) in [5.41, 5.74) is 2.10. The molecule has 1 aliphatic rings. The first kappa shape index (κ1) is 19.0. The van der Waals surface area contributed by atoms with E-state index in [1.807, 2.05) is 12.1 Å². The number of anilines is 1. The number of carboxylic acids is 1. The average molecular weight is 367 g/mol. The maximum atomic E-state index is 12.7. The number of Topliss-reactive ketones (excluding diaryl/α,β-unsaturated/α-hetero) is 1. The van der Waals surface area contributed by atoms with E-state index in [4.69, 9.17) is 9.84 Å². The molecule has 5 nitrogen and oxygen atoms in total. The molecule has 3 rings (SSSR count). The fraction of sp³-hybridized carbons (Fsp3) is 0.364. The molecule has 1 N–H and O–H groups in total. The van der Waals surface area contributed by atoms with Gasteiger partial charge in [0.1, 0.15) is 12.4 Å². The van der Waals surface area contributed by atoms with Crippen LogP contribution in [-0.2, 0) is 11.2 Å². The molecule has 2 aromatic carbocycles. The molecule has 0 aromatic heterocycles. The predicted molar refractivity (Wildman–Crippen MR) is 105 cm³/mol. The van der Waals surface area contributed by atoms with Crippen molar-refractivity contribution in [3.8, 4) is 5.75 Å². The van der Waals surface area contributed by atoms with Gasteiger partial charge in [-0.2, -0.15) is 0 Å². The van der Waals surface area contributed by atoms with E-state index in [0.29, 0.717) is 17.9 Å². The van der Waals surface area contributed by atoms with Gasteiger partial charge in [0.05, 0.1) is 12.0 Å². The van der Waals surface area contributed by atoms with Crippen LogP contribution in [-0.4, -0.2) is 36.6 Å². The zero-order valence-corrected chi connectivity index (χ0v) is 15.8. The van der Waals surface area contributed by atoms with Gasteiger partial charge < -0.3 is 14.7 Å². The third-order valence-corrected chi connectivity index (χ3v) is 4.90. The lowest BCUT2D eigenvalue weighted by molar-refractivity contribution is -0.148. The van der Waals surface area contributed by atoms with E-state index >= 15 is 0 Å². The number of rotatable bonds is 7. The zero-order valence-electron chi connectivity index (χ0n) is 15.8. The summed E-state index contributed by atoms with van der Waals surface area (Å²) >= 11 is 0. The van der Waals surface area contributed by atoms with E-state index < -0.39 is 11.4 Å². The molecule has 0 unspecified atom stereocenters. The summed E-state index contributed by atoms with van der Waals surface area (Å²) in [5.74, 6) is -0.288. The van der Waals surface area contributed by atoms with Crippen molar-refractivity contribution in [3.05, 3.63) is 59.7 Å². The van der Waals surface area contributed by atoms with Crippen LogP contribution in [0.4, 0.5) is 5.69 Å². The average Bonchev–Trinajstić information content (AvgIpc) is 2.67. The number of ketones is 1. The molecular weight excluding hydrogens is 342 g/mol. The molecule has 0 fully saturated rings. The Morgan fingerprint density at radius 2 is 1.81 bits per heavy atom. The van der Waals surface area contributed by atoms with Gasteiger partial charge in [-0.3, -0.25) is 9.59 Å². The van der Waals surface area contributed by atoms with Crippen molar-refractivity contribution in [2.75, 3.05) is 24.6 Å². The lowest BCUT2D eigenvalue weighted by Crippen LogP contribution is -2.34. The number of aryl methyl sites for hydroxylation is 1. The molecule has 5 heteroatoms. The van der Waals surface area contributed by atoms with Crippen molar-refractivity contribution in [2.45, 2.75) is 26.7 Å². The number of hydrogen-bond acceptors (Lipinski definition) is 4. The zero-order chi connectivity index (χ0) is 19.4. The Morgan fingerprint density at radius 3 is 2.52 bits per heavy atom. The summed E-state index contributed by atoms with van der Waals surface area (Å²) in [6.45, 7) is 4.53. The van der Waals surface area contributed by atoms with Gasteiger partial charge >= 0.3 is 5.97 Å². The lowest BCUT2D eigenvalue weighted by atomic mass is 9.95. The van der Waals surface area contributed by atoms with Crippen LogP contribution >= 0.6 is 0 Å². The second-order valence-corrected chi connectivity index (χ2v) is 7.58. The van der Waals surface area contributed by atoms with Crippen LogP contribution in [0.1, 0.15) is 36.2 Å². The fourth-order valence-corrected chi connectivity index (χ4v) is 3.10. The number of para-hydroxylation sites is 1. The molecule has 0 saturated heterocycles. The van der Waals surface area contributed by atoms with E-state index in [2.05, 4.69) is 17.0 Å². The Bertz CT molecular complexity index is 826. The molecule has 1 heterocycles. The van der Waals surface area contributed by atoms with Crippen LogP contribution in [0.3, 0.4) is 0 Å². The molecule has 0 aliphatic carbocycles. The predicted octanol–water partition coefficient (Wildman–Crippen LogP) is 3.81. The summed E-state index contributed by atoms with van der Waals surface area (Å²) < 4.78 is 5.56. The van der Waals surface area contributed by atoms with Gasteiger partial charge in [-0.15, -0.1) is 0 Å². The first-order valence-electron chi connectivity index (χ1n) is 9.19. The minimum Gasteiger partial charge on any atom is -0.492 e. The van der Waals surface area contributed by atoms with Gasteiger partial charge in [0, 0.05) is 17.8 Å². The van der Waals surface area contributed by atoms with E-state index in [1.165, 1.54) is 5.56 Å². The summed E-state index contributed by atoms with van der Waals surface area (Å²) in [4.78, 5) is 26.0. The molecular formula is C22H25NO4. The van der Waals surface area contributed by atoms with Gasteiger partial charge in [-0.05, 0) is 62.6 Å². The summed E-state index contributed by atoms with van der Waals surface area (Å²) in [6, 6.07) is 15.1. The second kappa shape index (κ2) is 7.82. The molecule has 0 radical (unpaired) electrons. The summed E-state index contributed by atoms with van der Waals surface area (Å²) in [7, 11) is 0. The Balaban J connectivity index is 1.62. The van der Waals surface area contributed by atoms with Crippen LogP contribution in [0.15, 0.2) is 48.5 Å². The van der Waals surface area contributed by atoms with Crippen molar-refractivity contribution in [1.82, 2.24) is 0 Å². The largest absolute Gasteiger partial charge is 0.492 e. The van der Waals surface area contributed by atoms with E-state index in [-0.39, 0.29) is 12.4 Å². The maximum absolute atomic E-state index is 12.7. The van der Waals surface area contributed by atoms with Gasteiger partial charge in [0.15, 0.2) is 5.78 Å².